The Kier molecular flexibility index (Phi) is 59.2. The molecule has 0 spiro atoms. The van der Waals surface area contributed by atoms with E-state index < -0.39 is 97.5 Å². The van der Waals surface area contributed by atoms with Gasteiger partial charge in [0, 0.05) is 25.7 Å². The highest BCUT2D eigenvalue weighted by molar-refractivity contribution is 7.47. The molecule has 5 atom stereocenters. The minimum absolute atomic E-state index is 0.107. The molecule has 0 saturated carbocycles. The van der Waals surface area contributed by atoms with Crippen LogP contribution in [-0.2, 0) is 65.4 Å². The third-order valence-corrected chi connectivity index (χ3v) is 17.4. The molecule has 0 aromatic carbocycles. The molecule has 3 N–H and O–H groups in total. The van der Waals surface area contributed by atoms with Crippen molar-refractivity contribution >= 4 is 39.5 Å². The number of aliphatic hydroxyl groups excluding tert-OH is 1. The quantitative estimate of drug-likeness (QED) is 0.0222. The molecule has 0 aliphatic heterocycles. The Bertz CT molecular complexity index is 1670. The minimum atomic E-state index is -4.95. The molecular formula is C67H130O17P2. The van der Waals surface area contributed by atoms with Crippen LogP contribution in [0.15, 0.2) is 0 Å². The lowest BCUT2D eigenvalue weighted by Crippen LogP contribution is -2.30. The summed E-state index contributed by atoms with van der Waals surface area (Å²) in [5, 5.41) is 10.6. The highest BCUT2D eigenvalue weighted by Gasteiger charge is 2.30. The van der Waals surface area contributed by atoms with E-state index in [-0.39, 0.29) is 25.7 Å². The van der Waals surface area contributed by atoms with Gasteiger partial charge in [0.25, 0.3) is 0 Å². The molecule has 0 amide bonds. The van der Waals surface area contributed by atoms with Crippen LogP contribution >= 0.6 is 15.6 Å². The minimum Gasteiger partial charge on any atom is -0.462 e. The first-order chi connectivity index (χ1) is 41.5. The van der Waals surface area contributed by atoms with E-state index in [1.54, 1.807) is 0 Å². The molecule has 19 heteroatoms. The molecule has 86 heavy (non-hydrogen) atoms. The lowest BCUT2D eigenvalue weighted by atomic mass is 10.0. The first-order valence-corrected chi connectivity index (χ1v) is 38.1. The number of unbranched alkanes of at least 4 members (excludes halogenated alkanes) is 39. The lowest BCUT2D eigenvalue weighted by Gasteiger charge is -2.21. The van der Waals surface area contributed by atoms with Gasteiger partial charge in [-0.05, 0) is 31.6 Å². The summed E-state index contributed by atoms with van der Waals surface area (Å²) in [6.07, 6.45) is 45.7. The van der Waals surface area contributed by atoms with Crippen molar-refractivity contribution in [2.24, 2.45) is 5.92 Å². The molecule has 0 bridgehead atoms. The number of hydrogen-bond acceptors (Lipinski definition) is 15. The van der Waals surface area contributed by atoms with Crippen LogP contribution in [0.3, 0.4) is 0 Å². The van der Waals surface area contributed by atoms with E-state index in [0.29, 0.717) is 25.7 Å². The van der Waals surface area contributed by atoms with Gasteiger partial charge in [-0.15, -0.1) is 0 Å². The van der Waals surface area contributed by atoms with Crippen LogP contribution in [0.2, 0.25) is 0 Å². The summed E-state index contributed by atoms with van der Waals surface area (Å²) in [6, 6.07) is 0. The zero-order valence-corrected chi connectivity index (χ0v) is 57.2. The number of carbonyl (C=O) groups excluding carboxylic acids is 4. The van der Waals surface area contributed by atoms with Gasteiger partial charge in [0.2, 0.25) is 0 Å². The lowest BCUT2D eigenvalue weighted by molar-refractivity contribution is -0.161. The number of phosphoric acid groups is 2. The Labute approximate surface area is 524 Å². The summed E-state index contributed by atoms with van der Waals surface area (Å²) >= 11 is 0. The number of hydrogen-bond donors (Lipinski definition) is 3. The molecule has 510 valence electrons. The SMILES string of the molecule is CCCCCCCCCCCCCCCCC(=O)O[C@H](COC(=O)CCCCCCCCCCCCC(C)C)COP(=O)(O)OC[C@@H](O)COP(=O)(O)OC[C@@H](COC(=O)CCCCCCCCCC)OC(=O)CCCCCCCCCCCCC. The Hall–Kier alpha value is -1.94. The number of carbonyl (C=O) groups is 4. The summed E-state index contributed by atoms with van der Waals surface area (Å²) in [6.45, 7) is 7.19. The van der Waals surface area contributed by atoms with Gasteiger partial charge < -0.3 is 33.8 Å². The number of aliphatic hydroxyl groups is 1. The summed E-state index contributed by atoms with van der Waals surface area (Å²) in [7, 11) is -9.89. The smallest absolute Gasteiger partial charge is 0.462 e. The first-order valence-electron chi connectivity index (χ1n) is 35.1. The second kappa shape index (κ2) is 60.6. The molecular weight excluding hydrogens is 1140 g/mol. The van der Waals surface area contributed by atoms with Crippen molar-refractivity contribution < 1.29 is 80.2 Å². The molecule has 0 rings (SSSR count). The summed E-state index contributed by atoms with van der Waals surface area (Å²) < 4.78 is 68.1. The van der Waals surface area contributed by atoms with Crippen molar-refractivity contribution in [3.8, 4) is 0 Å². The van der Waals surface area contributed by atoms with Gasteiger partial charge in [0.1, 0.15) is 19.3 Å². The fraction of sp³-hybridized carbons (Fsp3) is 0.940. The van der Waals surface area contributed by atoms with E-state index in [1.807, 2.05) is 0 Å². The zero-order chi connectivity index (χ0) is 63.5. The molecule has 0 radical (unpaired) electrons. The highest BCUT2D eigenvalue weighted by Crippen LogP contribution is 2.45. The zero-order valence-electron chi connectivity index (χ0n) is 55.4. The van der Waals surface area contributed by atoms with Crippen LogP contribution in [-0.4, -0.2) is 96.7 Å². The van der Waals surface area contributed by atoms with Gasteiger partial charge in [-0.25, -0.2) is 9.13 Å². The third-order valence-electron chi connectivity index (χ3n) is 15.5. The van der Waals surface area contributed by atoms with Gasteiger partial charge in [0.15, 0.2) is 12.2 Å². The van der Waals surface area contributed by atoms with E-state index in [0.717, 1.165) is 102 Å². The van der Waals surface area contributed by atoms with Crippen molar-refractivity contribution in [3.63, 3.8) is 0 Å². The van der Waals surface area contributed by atoms with Gasteiger partial charge in [0.05, 0.1) is 26.4 Å². The maximum Gasteiger partial charge on any atom is 0.472 e. The molecule has 0 saturated heterocycles. The molecule has 0 aromatic rings. The second-order valence-corrected chi connectivity index (χ2v) is 27.6. The average Bonchev–Trinajstić information content (AvgIpc) is 3.55. The topological polar surface area (TPSA) is 237 Å². The van der Waals surface area contributed by atoms with Crippen LogP contribution in [0, 0.1) is 5.92 Å². The van der Waals surface area contributed by atoms with Crippen LogP contribution < -0.4 is 0 Å². The molecule has 0 fully saturated rings. The van der Waals surface area contributed by atoms with Gasteiger partial charge in [-0.1, -0.05) is 291 Å². The van der Waals surface area contributed by atoms with Crippen molar-refractivity contribution in [3.05, 3.63) is 0 Å². The Morgan fingerprint density at radius 3 is 0.791 bits per heavy atom. The second-order valence-electron chi connectivity index (χ2n) is 24.7. The summed E-state index contributed by atoms with van der Waals surface area (Å²) in [4.78, 5) is 72.3. The fourth-order valence-electron chi connectivity index (χ4n) is 10.1. The van der Waals surface area contributed by atoms with Crippen LogP contribution in [0.5, 0.6) is 0 Å². The van der Waals surface area contributed by atoms with E-state index in [4.69, 9.17) is 37.0 Å². The molecule has 0 aliphatic rings. The average molecular weight is 1270 g/mol. The number of phosphoric ester groups is 2. The number of esters is 4. The highest BCUT2D eigenvalue weighted by atomic mass is 31.2. The molecule has 0 aliphatic carbocycles. The fourth-order valence-corrected chi connectivity index (χ4v) is 11.7. The summed E-state index contributed by atoms with van der Waals surface area (Å²) in [5.74, 6) is -1.37. The molecule has 17 nitrogen and oxygen atoms in total. The maximum absolute atomic E-state index is 13.0. The predicted octanol–water partition coefficient (Wildman–Crippen LogP) is 19.0. The Morgan fingerprint density at radius 2 is 0.535 bits per heavy atom. The van der Waals surface area contributed by atoms with Gasteiger partial charge in [-0.3, -0.25) is 37.3 Å². The van der Waals surface area contributed by atoms with Crippen LogP contribution in [0.4, 0.5) is 0 Å². The van der Waals surface area contributed by atoms with E-state index in [9.17, 15) is 43.2 Å². The van der Waals surface area contributed by atoms with Crippen molar-refractivity contribution in [2.75, 3.05) is 39.6 Å². The van der Waals surface area contributed by atoms with E-state index in [1.165, 1.54) is 161 Å². The molecule has 0 aromatic heterocycles. The summed E-state index contributed by atoms with van der Waals surface area (Å²) in [5.41, 5.74) is 0. The standard InChI is InChI=1S/C67H130O17P2/c1-6-9-12-15-18-21-23-24-25-27-33-38-43-48-53-67(72)84-63(57-78-65(70)51-46-41-36-31-29-28-30-34-39-44-49-60(4)5)59-82-86(75,76)80-55-61(68)54-79-85(73,74)81-58-62(56-77-64(69)50-45-40-35-20-17-14-11-8-3)83-66(71)52-47-42-37-32-26-22-19-16-13-10-7-2/h60-63,68H,6-59H2,1-5H3,(H,73,74)(H,75,76)/t61-,62+,63+/m0/s1. The first kappa shape index (κ1) is 84.1. The number of ether oxygens (including phenoxy) is 4. The van der Waals surface area contributed by atoms with E-state index in [2.05, 4.69) is 34.6 Å². The van der Waals surface area contributed by atoms with E-state index >= 15 is 0 Å². The Balaban J connectivity index is 5.23. The largest absolute Gasteiger partial charge is 0.472 e. The van der Waals surface area contributed by atoms with Crippen molar-refractivity contribution in [1.29, 1.82) is 0 Å². The van der Waals surface area contributed by atoms with Crippen LogP contribution in [0.1, 0.15) is 343 Å². The van der Waals surface area contributed by atoms with Crippen LogP contribution in [0.25, 0.3) is 0 Å². The normalized spacial score (nSPS) is 14.2. The molecule has 0 heterocycles. The predicted molar refractivity (Wildman–Crippen MR) is 345 cm³/mol. The van der Waals surface area contributed by atoms with Crippen molar-refractivity contribution in [1.82, 2.24) is 0 Å². The Morgan fingerprint density at radius 1 is 0.314 bits per heavy atom. The third kappa shape index (κ3) is 60.9. The molecule has 2 unspecified atom stereocenters. The monoisotopic (exact) mass is 1270 g/mol. The maximum atomic E-state index is 13.0. The van der Waals surface area contributed by atoms with Gasteiger partial charge >= 0.3 is 39.5 Å². The van der Waals surface area contributed by atoms with Crippen molar-refractivity contribution in [2.45, 2.75) is 361 Å². The van der Waals surface area contributed by atoms with Gasteiger partial charge in [-0.2, -0.15) is 0 Å². The number of rotatable bonds is 67.